The summed E-state index contributed by atoms with van der Waals surface area (Å²) in [6.07, 6.45) is 0. The summed E-state index contributed by atoms with van der Waals surface area (Å²) < 4.78 is 0. The van der Waals surface area contributed by atoms with E-state index >= 15 is 0 Å². The molecular formula is CH2Cl2Hf. The predicted octanol–water partition coefficient (Wildman–Crippen LogP) is 1.42. The van der Waals surface area contributed by atoms with Crippen LogP contribution in [0.3, 0.4) is 0 Å². The van der Waals surface area contributed by atoms with E-state index in [0.717, 1.165) is 0 Å². The van der Waals surface area contributed by atoms with Crippen LogP contribution < -0.4 is 0 Å². The molecule has 0 saturated carbocycles. The normalized spacial score (nSPS) is 4.50. The summed E-state index contributed by atoms with van der Waals surface area (Å²) in [7, 11) is 0. The topological polar surface area (TPSA) is 0 Å². The van der Waals surface area contributed by atoms with Crippen molar-refractivity contribution in [2.45, 2.75) is 0 Å². The van der Waals surface area contributed by atoms with Crippen LogP contribution in [-0.4, -0.2) is 5.34 Å². The molecule has 0 atom stereocenters. The fraction of sp³-hybridized carbons (Fsp3) is 1.00. The molecule has 0 amide bonds. The standard InChI is InChI=1S/CH2Cl2.Hf/c2-1-3;/h1H2;. The molecule has 0 nitrogen and oxygen atoms in total. The van der Waals surface area contributed by atoms with Gasteiger partial charge in [-0.05, 0) is 0 Å². The van der Waals surface area contributed by atoms with Gasteiger partial charge in [-0.3, -0.25) is 0 Å². The van der Waals surface area contributed by atoms with Gasteiger partial charge in [0.2, 0.25) is 0 Å². The Morgan fingerprint density at radius 1 is 1.25 bits per heavy atom. The molecule has 0 N–H and O–H groups in total. The molecule has 24 valence electrons. The number of halogens is 2. The van der Waals surface area contributed by atoms with Crippen LogP contribution in [0.2, 0.25) is 0 Å². The van der Waals surface area contributed by atoms with Gasteiger partial charge >= 0.3 is 0 Å². The molecule has 0 aliphatic heterocycles. The van der Waals surface area contributed by atoms with Crippen LogP contribution in [0, 0.1) is 0 Å². The molecule has 0 unspecified atom stereocenters. The van der Waals surface area contributed by atoms with Gasteiger partial charge in [0.05, 0.1) is 5.34 Å². The second-order valence-electron chi connectivity index (χ2n) is 0.101. The van der Waals surface area contributed by atoms with Crippen LogP contribution in [0.25, 0.3) is 0 Å². The average Bonchev–Trinajstić information content (AvgIpc) is 0.918. The maximum absolute atomic E-state index is 4.76. The fourth-order valence-electron chi connectivity index (χ4n) is 0. The minimum atomic E-state index is 0. The van der Waals surface area contributed by atoms with Gasteiger partial charge in [-0.1, -0.05) is 0 Å². The van der Waals surface area contributed by atoms with Crippen molar-refractivity contribution in [3.8, 4) is 0 Å². The van der Waals surface area contributed by atoms with E-state index in [1.165, 1.54) is 0 Å². The van der Waals surface area contributed by atoms with E-state index in [1.807, 2.05) is 0 Å². The van der Waals surface area contributed by atoms with Gasteiger partial charge in [-0.2, -0.15) is 0 Å². The largest absolute Gasteiger partial charge is 0.109 e. The molecule has 0 heterocycles. The van der Waals surface area contributed by atoms with Gasteiger partial charge in [0.25, 0.3) is 0 Å². The van der Waals surface area contributed by atoms with Gasteiger partial charge in [-0.25, -0.2) is 0 Å². The van der Waals surface area contributed by atoms with Crippen molar-refractivity contribution in [1.29, 1.82) is 0 Å². The Morgan fingerprint density at radius 3 is 1.25 bits per heavy atom. The first-order valence-electron chi connectivity index (χ1n) is 0.535. The van der Waals surface area contributed by atoms with E-state index in [9.17, 15) is 0 Å². The van der Waals surface area contributed by atoms with Crippen molar-refractivity contribution in [2.75, 3.05) is 5.34 Å². The molecule has 0 aliphatic carbocycles. The fourth-order valence-corrected chi connectivity index (χ4v) is 0. The molecule has 0 radical (unpaired) electrons. The number of rotatable bonds is 0. The van der Waals surface area contributed by atoms with Crippen LogP contribution in [-0.2, 0) is 25.8 Å². The Labute approximate surface area is 54.3 Å². The maximum Gasteiger partial charge on any atom is 0.0967 e. The van der Waals surface area contributed by atoms with E-state index in [1.54, 1.807) is 0 Å². The van der Waals surface area contributed by atoms with Crippen LogP contribution >= 0.6 is 23.2 Å². The SMILES string of the molecule is ClCCl.[Hf]. The van der Waals surface area contributed by atoms with Crippen LogP contribution in [0.5, 0.6) is 0 Å². The zero-order chi connectivity index (χ0) is 2.71. The molecule has 0 spiro atoms. The van der Waals surface area contributed by atoms with Gasteiger partial charge < -0.3 is 0 Å². The first kappa shape index (κ1) is 9.07. The molecule has 0 rings (SSSR count). The minimum Gasteiger partial charge on any atom is -0.109 e. The summed E-state index contributed by atoms with van der Waals surface area (Å²) in [5.74, 6) is 0. The Balaban J connectivity index is 0. The van der Waals surface area contributed by atoms with Crippen molar-refractivity contribution >= 4 is 23.2 Å². The third-order valence-electron chi connectivity index (χ3n) is 0. The molecule has 0 aromatic carbocycles. The molecule has 0 aromatic heterocycles. The summed E-state index contributed by atoms with van der Waals surface area (Å²) in [5, 5.41) is 0.194. The van der Waals surface area contributed by atoms with Crippen LogP contribution in [0.15, 0.2) is 0 Å². The maximum atomic E-state index is 4.76. The second kappa shape index (κ2) is 8.82. The third kappa shape index (κ3) is 9.85. The molecule has 4 heavy (non-hydrogen) atoms. The first-order chi connectivity index (χ1) is 1.41. The van der Waals surface area contributed by atoms with Crippen molar-refractivity contribution < 1.29 is 25.8 Å². The molecule has 0 fully saturated rings. The molecule has 0 aromatic rings. The van der Waals surface area contributed by atoms with Crippen LogP contribution in [0.4, 0.5) is 0 Å². The smallest absolute Gasteiger partial charge is 0.0967 e. The van der Waals surface area contributed by atoms with Gasteiger partial charge in [0.15, 0.2) is 0 Å². The number of hydrogen-bond acceptors (Lipinski definition) is 0. The van der Waals surface area contributed by atoms with Gasteiger partial charge in [-0.15, -0.1) is 23.2 Å². The number of alkyl halides is 2. The quantitative estimate of drug-likeness (QED) is 0.458. The summed E-state index contributed by atoms with van der Waals surface area (Å²) in [4.78, 5) is 0. The van der Waals surface area contributed by atoms with Crippen LogP contribution in [0.1, 0.15) is 0 Å². The van der Waals surface area contributed by atoms with Crippen molar-refractivity contribution in [3.05, 3.63) is 0 Å². The van der Waals surface area contributed by atoms with Crippen molar-refractivity contribution in [2.24, 2.45) is 0 Å². The van der Waals surface area contributed by atoms with Crippen molar-refractivity contribution in [1.82, 2.24) is 0 Å². The minimum absolute atomic E-state index is 0. The summed E-state index contributed by atoms with van der Waals surface area (Å²) >= 11 is 9.53. The Kier molecular flexibility index (Phi) is 20.0. The molecule has 0 saturated heterocycles. The second-order valence-corrected chi connectivity index (χ2v) is 0.909. The average molecular weight is 263 g/mol. The number of hydrogen-bond donors (Lipinski definition) is 0. The molecule has 0 bridgehead atoms. The van der Waals surface area contributed by atoms with Gasteiger partial charge in [0.1, 0.15) is 0 Å². The van der Waals surface area contributed by atoms with E-state index in [4.69, 9.17) is 23.2 Å². The van der Waals surface area contributed by atoms with Crippen molar-refractivity contribution in [3.63, 3.8) is 0 Å². The predicted molar refractivity (Wildman–Crippen MR) is 16.6 cm³/mol. The Bertz CT molecular complexity index is 6.00. The Hall–Kier alpha value is 1.45. The first-order valence-corrected chi connectivity index (χ1v) is 1.60. The molecule has 0 aliphatic rings. The van der Waals surface area contributed by atoms with E-state index in [0.29, 0.717) is 0 Å². The van der Waals surface area contributed by atoms with E-state index in [-0.39, 0.29) is 31.2 Å². The zero-order valence-corrected chi connectivity index (χ0v) is 7.07. The van der Waals surface area contributed by atoms with E-state index in [2.05, 4.69) is 0 Å². The third-order valence-corrected chi connectivity index (χ3v) is 0. The molecule has 3 heteroatoms. The van der Waals surface area contributed by atoms with Gasteiger partial charge in [0, 0.05) is 25.8 Å². The van der Waals surface area contributed by atoms with E-state index < -0.39 is 0 Å². The summed E-state index contributed by atoms with van der Waals surface area (Å²) in [6, 6.07) is 0. The Morgan fingerprint density at radius 2 is 1.25 bits per heavy atom. The molecular weight excluding hydrogens is 261 g/mol. The monoisotopic (exact) mass is 264 g/mol. The summed E-state index contributed by atoms with van der Waals surface area (Å²) in [6.45, 7) is 0. The summed E-state index contributed by atoms with van der Waals surface area (Å²) in [5.41, 5.74) is 0. The zero-order valence-electron chi connectivity index (χ0n) is 1.96.